The molecule has 0 aromatic heterocycles. The highest BCUT2D eigenvalue weighted by Gasteiger charge is 2.32. The maximum absolute atomic E-state index is 12.1. The third kappa shape index (κ3) is 4.23. The Morgan fingerprint density at radius 2 is 2.00 bits per heavy atom. The van der Waals surface area contributed by atoms with Crippen LogP contribution in [0.5, 0.6) is 11.5 Å². The molecule has 1 atom stereocenters. The maximum Gasteiger partial charge on any atom is 0.337 e. The zero-order chi connectivity index (χ0) is 18.4. The predicted octanol–water partition coefficient (Wildman–Crippen LogP) is 2.68. The molecular weight excluding hydrogens is 324 g/mol. The highest BCUT2D eigenvalue weighted by atomic mass is 16.5. The summed E-state index contributed by atoms with van der Waals surface area (Å²) in [7, 11) is 2.86. The first kappa shape index (κ1) is 18.6. The Bertz CT molecular complexity index is 684. The molecule has 0 spiro atoms. The van der Waals surface area contributed by atoms with Gasteiger partial charge in [0, 0.05) is 5.70 Å². The van der Waals surface area contributed by atoms with E-state index in [4.69, 9.17) is 14.2 Å². The summed E-state index contributed by atoms with van der Waals surface area (Å²) in [6, 6.07) is 4.34. The number of unbranched alkanes of at least 4 members (excludes halogenated alkanes) is 1. The van der Waals surface area contributed by atoms with Crippen molar-refractivity contribution < 1.29 is 23.8 Å². The molecule has 1 heterocycles. The molecule has 0 saturated heterocycles. The molecule has 1 aromatic rings. The van der Waals surface area contributed by atoms with Gasteiger partial charge in [-0.15, -0.1) is 0 Å². The molecule has 2 rings (SSSR count). The van der Waals surface area contributed by atoms with Gasteiger partial charge in [-0.05, 0) is 31.0 Å². The number of esters is 1. The molecule has 1 aliphatic heterocycles. The Labute approximate surface area is 147 Å². The van der Waals surface area contributed by atoms with E-state index < -0.39 is 12.0 Å². The largest absolute Gasteiger partial charge is 0.493 e. The molecule has 2 amide bonds. The van der Waals surface area contributed by atoms with E-state index in [1.807, 2.05) is 0 Å². The number of hydrogen-bond acceptors (Lipinski definition) is 5. The molecule has 2 N–H and O–H groups in total. The molecule has 0 fully saturated rings. The molecule has 0 saturated carbocycles. The molecular formula is C18H24N2O5. The number of rotatable bonds is 7. The molecule has 0 radical (unpaired) electrons. The quantitative estimate of drug-likeness (QED) is 0.584. The second-order valence-corrected chi connectivity index (χ2v) is 5.67. The summed E-state index contributed by atoms with van der Waals surface area (Å²) >= 11 is 0. The molecule has 1 aliphatic rings. The predicted molar refractivity (Wildman–Crippen MR) is 92.5 cm³/mol. The van der Waals surface area contributed by atoms with E-state index in [9.17, 15) is 9.59 Å². The first-order valence-electron chi connectivity index (χ1n) is 8.19. The number of allylic oxidation sites excluding steroid dienone is 1. The standard InChI is InChI=1S/C18H24N2O5/c1-5-6-9-25-13-8-7-12(10-14(13)23-3)16-15(17(21)24-4)11(2)19-18(22)20-16/h7-8,10,16H,5-6,9H2,1-4H3,(H2,19,20,22). The van der Waals surface area contributed by atoms with Crippen molar-refractivity contribution in [2.24, 2.45) is 0 Å². The second-order valence-electron chi connectivity index (χ2n) is 5.67. The van der Waals surface area contributed by atoms with Crippen molar-refractivity contribution in [1.29, 1.82) is 0 Å². The van der Waals surface area contributed by atoms with E-state index in [0.29, 0.717) is 34.9 Å². The van der Waals surface area contributed by atoms with Crippen LogP contribution >= 0.6 is 0 Å². The Hall–Kier alpha value is -2.70. The Kier molecular flexibility index (Phi) is 6.27. The number of amides is 2. The normalized spacial score (nSPS) is 16.8. The molecule has 0 aliphatic carbocycles. The zero-order valence-corrected chi connectivity index (χ0v) is 15.0. The lowest BCUT2D eigenvalue weighted by atomic mass is 9.95. The number of hydrogen-bond donors (Lipinski definition) is 2. The first-order valence-corrected chi connectivity index (χ1v) is 8.19. The Morgan fingerprint density at radius 3 is 2.64 bits per heavy atom. The second kappa shape index (κ2) is 8.41. The summed E-state index contributed by atoms with van der Waals surface area (Å²) in [4.78, 5) is 24.0. The van der Waals surface area contributed by atoms with Crippen LogP contribution in [0.3, 0.4) is 0 Å². The van der Waals surface area contributed by atoms with Gasteiger partial charge in [-0.2, -0.15) is 0 Å². The van der Waals surface area contributed by atoms with E-state index >= 15 is 0 Å². The van der Waals surface area contributed by atoms with Gasteiger partial charge in [-0.3, -0.25) is 0 Å². The minimum atomic E-state index is -0.625. The summed E-state index contributed by atoms with van der Waals surface area (Å²) in [6.45, 7) is 4.35. The zero-order valence-electron chi connectivity index (χ0n) is 15.0. The number of carbonyl (C=O) groups is 2. The summed E-state index contributed by atoms with van der Waals surface area (Å²) in [5, 5.41) is 5.34. The van der Waals surface area contributed by atoms with E-state index in [1.54, 1.807) is 32.2 Å². The van der Waals surface area contributed by atoms with Crippen molar-refractivity contribution in [3.63, 3.8) is 0 Å². The molecule has 1 aromatic carbocycles. The fourth-order valence-corrected chi connectivity index (χ4v) is 2.63. The van der Waals surface area contributed by atoms with Gasteiger partial charge in [0.2, 0.25) is 0 Å². The van der Waals surface area contributed by atoms with Gasteiger partial charge in [0.15, 0.2) is 11.5 Å². The Balaban J connectivity index is 2.36. The molecule has 0 bridgehead atoms. The van der Waals surface area contributed by atoms with Crippen molar-refractivity contribution in [2.75, 3.05) is 20.8 Å². The highest BCUT2D eigenvalue weighted by Crippen LogP contribution is 2.34. The van der Waals surface area contributed by atoms with Crippen molar-refractivity contribution in [3.8, 4) is 11.5 Å². The van der Waals surface area contributed by atoms with Crippen molar-refractivity contribution in [3.05, 3.63) is 35.0 Å². The molecule has 1 unspecified atom stereocenters. The van der Waals surface area contributed by atoms with Crippen LogP contribution in [-0.4, -0.2) is 32.8 Å². The lowest BCUT2D eigenvalue weighted by Gasteiger charge is -2.28. The van der Waals surface area contributed by atoms with E-state index in [-0.39, 0.29) is 6.03 Å². The number of urea groups is 1. The van der Waals surface area contributed by atoms with E-state index in [1.165, 1.54) is 7.11 Å². The number of ether oxygens (including phenoxy) is 3. The average molecular weight is 348 g/mol. The maximum atomic E-state index is 12.1. The molecule has 7 heteroatoms. The van der Waals surface area contributed by atoms with Crippen LogP contribution in [0.2, 0.25) is 0 Å². The monoisotopic (exact) mass is 348 g/mol. The molecule has 25 heavy (non-hydrogen) atoms. The van der Waals surface area contributed by atoms with Gasteiger partial charge in [0.1, 0.15) is 0 Å². The number of methoxy groups -OCH3 is 2. The first-order chi connectivity index (χ1) is 12.0. The highest BCUT2D eigenvalue weighted by molar-refractivity contribution is 5.94. The third-order valence-corrected chi connectivity index (χ3v) is 3.95. The van der Waals surface area contributed by atoms with E-state index in [2.05, 4.69) is 17.6 Å². The summed E-state index contributed by atoms with van der Waals surface area (Å²) < 4.78 is 16.0. The minimum absolute atomic E-state index is 0.351. The van der Waals surface area contributed by atoms with Crippen LogP contribution in [0.1, 0.15) is 38.3 Å². The lowest BCUT2D eigenvalue weighted by Crippen LogP contribution is -2.45. The summed E-state index contributed by atoms with van der Waals surface area (Å²) in [5.41, 5.74) is 1.51. The minimum Gasteiger partial charge on any atom is -0.493 e. The summed E-state index contributed by atoms with van der Waals surface area (Å²) in [6.07, 6.45) is 1.98. The van der Waals surface area contributed by atoms with Gasteiger partial charge in [-0.1, -0.05) is 19.4 Å². The lowest BCUT2D eigenvalue weighted by molar-refractivity contribution is -0.136. The average Bonchev–Trinajstić information content (AvgIpc) is 2.60. The van der Waals surface area contributed by atoms with E-state index in [0.717, 1.165) is 12.8 Å². The van der Waals surface area contributed by atoms with Gasteiger partial charge >= 0.3 is 12.0 Å². The van der Waals surface area contributed by atoms with Crippen molar-refractivity contribution >= 4 is 12.0 Å². The number of carbonyl (C=O) groups excluding carboxylic acids is 2. The number of nitrogens with one attached hydrogen (secondary N) is 2. The Morgan fingerprint density at radius 1 is 1.24 bits per heavy atom. The van der Waals surface area contributed by atoms with Gasteiger partial charge in [0.25, 0.3) is 0 Å². The van der Waals surface area contributed by atoms with Gasteiger partial charge in [-0.25, -0.2) is 9.59 Å². The smallest absolute Gasteiger partial charge is 0.337 e. The van der Waals surface area contributed by atoms with Gasteiger partial charge in [0.05, 0.1) is 32.4 Å². The fourth-order valence-electron chi connectivity index (χ4n) is 2.63. The van der Waals surface area contributed by atoms with Crippen LogP contribution in [0.4, 0.5) is 4.79 Å². The fraction of sp³-hybridized carbons (Fsp3) is 0.444. The summed E-state index contributed by atoms with van der Waals surface area (Å²) in [5.74, 6) is 0.667. The topological polar surface area (TPSA) is 85.9 Å². The van der Waals surface area contributed by atoms with Crippen molar-refractivity contribution in [1.82, 2.24) is 10.6 Å². The van der Waals surface area contributed by atoms with Crippen LogP contribution in [-0.2, 0) is 9.53 Å². The van der Waals surface area contributed by atoms with Crippen LogP contribution < -0.4 is 20.1 Å². The van der Waals surface area contributed by atoms with Crippen LogP contribution in [0.25, 0.3) is 0 Å². The third-order valence-electron chi connectivity index (χ3n) is 3.95. The molecule has 7 nitrogen and oxygen atoms in total. The van der Waals surface area contributed by atoms with Crippen molar-refractivity contribution in [2.45, 2.75) is 32.7 Å². The van der Waals surface area contributed by atoms with Gasteiger partial charge < -0.3 is 24.8 Å². The number of benzene rings is 1. The van der Waals surface area contributed by atoms with Crippen LogP contribution in [0, 0.1) is 0 Å². The molecule has 136 valence electrons. The van der Waals surface area contributed by atoms with Crippen LogP contribution in [0.15, 0.2) is 29.5 Å². The SMILES string of the molecule is CCCCOc1ccc(C2NC(=O)NC(C)=C2C(=O)OC)cc1OC.